The number of aliphatic carboxylic acids is 1. The number of rotatable bonds is 10. The van der Waals surface area contributed by atoms with E-state index in [1.54, 1.807) is 0 Å². The van der Waals surface area contributed by atoms with Crippen LogP contribution >= 0.6 is 11.3 Å². The summed E-state index contributed by atoms with van der Waals surface area (Å²) in [5, 5.41) is 16.4. The quantitative estimate of drug-likeness (QED) is 0.0882. The molecule has 0 spiro atoms. The Labute approximate surface area is 207 Å². The third-order valence-corrected chi connectivity index (χ3v) is 6.81. The first-order valence-electron chi connectivity index (χ1n) is 10.1. The number of carboxylic acids is 1. The second-order valence-electron chi connectivity index (χ2n) is 8.19. The fourth-order valence-corrected chi connectivity index (χ4v) is 4.64. The van der Waals surface area contributed by atoms with Crippen molar-refractivity contribution in [3.8, 4) is 0 Å². The Morgan fingerprint density at radius 2 is 2.08 bits per heavy atom. The Balaban J connectivity index is 1.86. The summed E-state index contributed by atoms with van der Waals surface area (Å²) in [6.45, 7) is 1.90. The van der Waals surface area contributed by atoms with Gasteiger partial charge in [0.2, 0.25) is 5.60 Å². The average molecular weight is 550 g/mol. The summed E-state index contributed by atoms with van der Waals surface area (Å²) in [6, 6.07) is -2.93. The largest absolute Gasteiger partial charge is 0.478 e. The summed E-state index contributed by atoms with van der Waals surface area (Å²) in [5.41, 5.74) is 8.56. The van der Waals surface area contributed by atoms with Gasteiger partial charge in [0, 0.05) is 18.5 Å². The number of carboxylic acid groups (broad SMARTS) is 1. The highest BCUT2D eigenvalue weighted by Gasteiger charge is 2.55. The minimum Gasteiger partial charge on any atom is -0.478 e. The number of nitrogen functional groups attached to an aromatic ring is 1. The van der Waals surface area contributed by atoms with Crippen LogP contribution in [-0.4, -0.2) is 105 Å². The van der Waals surface area contributed by atoms with Gasteiger partial charge in [-0.25, -0.2) is 18.9 Å². The smallest absolute Gasteiger partial charge is 0.410 e. The third-order valence-electron chi connectivity index (χ3n) is 5.18. The molecular formula is C17H23N7O10S2. The number of hydrogen-bond acceptors (Lipinski definition) is 13. The van der Waals surface area contributed by atoms with Gasteiger partial charge < -0.3 is 36.4 Å². The molecule has 0 aliphatic carbocycles. The monoisotopic (exact) mass is 549 g/mol. The zero-order valence-electron chi connectivity index (χ0n) is 18.9. The number of nitrogens with one attached hydrogen (secondary N) is 1. The molecule has 0 radical (unpaired) electrons. The van der Waals surface area contributed by atoms with Gasteiger partial charge in [-0.2, -0.15) is 8.42 Å². The number of ether oxygens (including phenoxy) is 1. The van der Waals surface area contributed by atoms with Crippen LogP contribution in [0.3, 0.4) is 0 Å². The molecular weight excluding hydrogens is 526 g/mol. The highest BCUT2D eigenvalue weighted by Crippen LogP contribution is 2.26. The summed E-state index contributed by atoms with van der Waals surface area (Å²) >= 11 is 0.935. The SMILES string of the molecule is CC(C)(O/N=C(\C(=O)NC1C(=O)N(S(=O)(=O)O)[C@H]1CN1CC(CN)OC1=O)c1csc(N)n1)C(=O)O. The maximum absolute atomic E-state index is 13.0. The van der Waals surface area contributed by atoms with Crippen molar-refractivity contribution in [2.24, 2.45) is 10.9 Å². The number of hydrogen-bond donors (Lipinski definition) is 5. The Kier molecular flexibility index (Phi) is 7.39. The number of oxime groups is 1. The Hall–Kier alpha value is -3.55. The molecule has 2 aliphatic heterocycles. The first kappa shape index (κ1) is 27.0. The normalized spacial score (nSPS) is 22.8. The second kappa shape index (κ2) is 9.84. The topological polar surface area (TPSA) is 257 Å². The van der Waals surface area contributed by atoms with E-state index in [9.17, 15) is 37.3 Å². The number of nitrogens with zero attached hydrogens (tertiary/aromatic N) is 4. The molecule has 2 saturated heterocycles. The summed E-state index contributed by atoms with van der Waals surface area (Å²) in [7, 11) is -5.04. The lowest BCUT2D eigenvalue weighted by molar-refractivity contribution is -0.161. The Morgan fingerprint density at radius 3 is 2.58 bits per heavy atom. The predicted molar refractivity (Wildman–Crippen MR) is 121 cm³/mol. The number of nitrogens with two attached hydrogens (primary N) is 2. The molecule has 7 N–H and O–H groups in total. The van der Waals surface area contributed by atoms with Gasteiger partial charge in [-0.05, 0) is 13.8 Å². The van der Waals surface area contributed by atoms with Gasteiger partial charge in [-0.1, -0.05) is 5.16 Å². The number of amides is 3. The van der Waals surface area contributed by atoms with Crippen molar-refractivity contribution in [2.45, 2.75) is 37.6 Å². The molecule has 3 heterocycles. The average Bonchev–Trinajstić information content (AvgIpc) is 3.35. The highest BCUT2D eigenvalue weighted by molar-refractivity contribution is 7.84. The first-order chi connectivity index (χ1) is 16.7. The van der Waals surface area contributed by atoms with Crippen LogP contribution in [0.25, 0.3) is 0 Å². The second-order valence-corrected chi connectivity index (χ2v) is 10.4. The van der Waals surface area contributed by atoms with Crippen molar-refractivity contribution in [1.82, 2.24) is 19.5 Å². The van der Waals surface area contributed by atoms with Crippen LogP contribution in [0.2, 0.25) is 0 Å². The van der Waals surface area contributed by atoms with Crippen LogP contribution in [0, 0.1) is 0 Å². The minimum atomic E-state index is -5.04. The summed E-state index contributed by atoms with van der Waals surface area (Å²) < 4.78 is 38.1. The van der Waals surface area contributed by atoms with Crippen LogP contribution in [0.15, 0.2) is 10.5 Å². The van der Waals surface area contributed by atoms with E-state index in [1.807, 2.05) is 0 Å². The molecule has 198 valence electrons. The van der Waals surface area contributed by atoms with Crippen LogP contribution < -0.4 is 16.8 Å². The maximum atomic E-state index is 13.0. The number of cyclic esters (lactones) is 1. The molecule has 3 atom stereocenters. The standard InChI is InChI=1S/C17H23N7O10S2/c1-17(2,14(27)28)34-22-10(8-6-35-15(19)20-8)12(25)21-11-9(24(13(11)26)36(30,31)32)5-23-4-7(3-18)33-16(23)29/h6-7,9,11H,3-5,18H2,1-2H3,(H2,19,20)(H,21,25)(H,27,28)(H,30,31,32)/b22-10-/t7?,9-,11?/m0/s1. The van der Waals surface area contributed by atoms with Gasteiger partial charge in [0.1, 0.15) is 17.8 Å². The van der Waals surface area contributed by atoms with Crippen molar-refractivity contribution in [2.75, 3.05) is 25.4 Å². The van der Waals surface area contributed by atoms with Gasteiger partial charge in [0.25, 0.3) is 11.8 Å². The van der Waals surface area contributed by atoms with Crippen molar-refractivity contribution < 1.29 is 46.8 Å². The molecule has 3 rings (SSSR count). The van der Waals surface area contributed by atoms with Gasteiger partial charge in [0.05, 0.1) is 12.6 Å². The van der Waals surface area contributed by atoms with Gasteiger partial charge in [-0.3, -0.25) is 14.1 Å². The summed E-state index contributed by atoms with van der Waals surface area (Å²) in [6.07, 6.45) is -1.49. The molecule has 36 heavy (non-hydrogen) atoms. The molecule has 2 unspecified atom stereocenters. The number of anilines is 1. The van der Waals surface area contributed by atoms with E-state index in [0.717, 1.165) is 16.2 Å². The van der Waals surface area contributed by atoms with E-state index >= 15 is 0 Å². The van der Waals surface area contributed by atoms with Crippen molar-refractivity contribution >= 4 is 56.4 Å². The zero-order chi connectivity index (χ0) is 27.0. The van der Waals surface area contributed by atoms with Crippen molar-refractivity contribution in [3.05, 3.63) is 11.1 Å². The minimum absolute atomic E-state index is 0.00268. The fourth-order valence-electron chi connectivity index (χ4n) is 3.22. The number of carbonyl (C=O) groups excluding carboxylic acids is 3. The highest BCUT2D eigenvalue weighted by atomic mass is 32.2. The van der Waals surface area contributed by atoms with E-state index in [4.69, 9.17) is 21.0 Å². The number of carbonyl (C=O) groups is 4. The first-order valence-corrected chi connectivity index (χ1v) is 12.4. The summed E-state index contributed by atoms with van der Waals surface area (Å²) in [4.78, 5) is 58.9. The molecule has 0 saturated carbocycles. The van der Waals surface area contributed by atoms with E-state index in [1.165, 1.54) is 19.2 Å². The molecule has 0 aromatic carbocycles. The van der Waals surface area contributed by atoms with Crippen LogP contribution in [-0.2, 0) is 34.3 Å². The van der Waals surface area contributed by atoms with E-state index in [-0.39, 0.29) is 28.2 Å². The van der Waals surface area contributed by atoms with Gasteiger partial charge in [0.15, 0.2) is 10.8 Å². The van der Waals surface area contributed by atoms with Gasteiger partial charge in [-0.15, -0.1) is 11.3 Å². The maximum Gasteiger partial charge on any atom is 0.410 e. The van der Waals surface area contributed by atoms with E-state index < -0.39 is 70.2 Å². The predicted octanol–water partition coefficient (Wildman–Crippen LogP) is -2.41. The Morgan fingerprint density at radius 1 is 1.42 bits per heavy atom. The lowest BCUT2D eigenvalue weighted by Crippen LogP contribution is -2.74. The molecule has 3 amide bonds. The van der Waals surface area contributed by atoms with Crippen molar-refractivity contribution in [3.63, 3.8) is 0 Å². The number of aromatic nitrogens is 1. The van der Waals surface area contributed by atoms with Gasteiger partial charge >= 0.3 is 22.4 Å². The molecule has 0 bridgehead atoms. The Bertz CT molecular complexity index is 1210. The molecule has 2 aliphatic rings. The lowest BCUT2D eigenvalue weighted by Gasteiger charge is -2.45. The summed E-state index contributed by atoms with van der Waals surface area (Å²) in [5.74, 6) is -3.68. The van der Waals surface area contributed by atoms with Crippen LogP contribution in [0.4, 0.5) is 9.93 Å². The lowest BCUT2D eigenvalue weighted by atomic mass is 9.97. The molecule has 1 aromatic rings. The fraction of sp³-hybridized carbons (Fsp3) is 0.529. The third kappa shape index (κ3) is 5.48. The van der Waals surface area contributed by atoms with Crippen molar-refractivity contribution in [1.29, 1.82) is 0 Å². The number of thiazole rings is 1. The van der Waals surface area contributed by atoms with Crippen LogP contribution in [0.1, 0.15) is 19.5 Å². The van der Waals surface area contributed by atoms with E-state index in [0.29, 0.717) is 0 Å². The molecule has 2 fully saturated rings. The number of β-lactam (4-membered cyclic amide) rings is 1. The van der Waals surface area contributed by atoms with Crippen LogP contribution in [0.5, 0.6) is 0 Å². The molecule has 19 heteroatoms. The van der Waals surface area contributed by atoms with E-state index in [2.05, 4.69) is 15.5 Å². The molecule has 1 aromatic heterocycles. The molecule has 17 nitrogen and oxygen atoms in total. The zero-order valence-corrected chi connectivity index (χ0v) is 20.5.